The summed E-state index contributed by atoms with van der Waals surface area (Å²) in [5, 5.41) is 0. The van der Waals surface area contributed by atoms with E-state index in [0.29, 0.717) is 0 Å². The Kier molecular flexibility index (Phi) is 12.9. The van der Waals surface area contributed by atoms with Gasteiger partial charge in [-0.05, 0) is 83.6 Å². The van der Waals surface area contributed by atoms with Crippen molar-refractivity contribution in [1.29, 1.82) is 0 Å². The molecule has 2 heterocycles. The van der Waals surface area contributed by atoms with E-state index in [2.05, 4.69) is 84.5 Å². The number of ether oxygens (including phenoxy) is 2. The standard InChI is InChI=1S/C38H44N2O2/c1-3-5-7-9-27-41-35-19-15-31(16-20-35)11-13-33-23-25-39-37(29-33)38-30-34(24-26-40-38)14-12-32-17-21-36(22-18-32)42-28-10-8-6-4-2/h11-26,29-30H,3-10,27-28H2,1-2H3. The maximum atomic E-state index is 5.87. The van der Waals surface area contributed by atoms with E-state index in [0.717, 1.165) is 71.2 Å². The fourth-order valence-electron chi connectivity index (χ4n) is 4.55. The number of nitrogens with zero attached hydrogens (tertiary/aromatic N) is 2. The molecule has 0 bridgehead atoms. The lowest BCUT2D eigenvalue weighted by Crippen LogP contribution is -1.96. The van der Waals surface area contributed by atoms with E-state index in [1.165, 1.54) is 38.5 Å². The Morgan fingerprint density at radius 3 is 1.29 bits per heavy atom. The second-order valence-electron chi connectivity index (χ2n) is 10.6. The van der Waals surface area contributed by atoms with Crippen molar-refractivity contribution in [3.8, 4) is 22.9 Å². The lowest BCUT2D eigenvalue weighted by Gasteiger charge is -2.06. The van der Waals surface area contributed by atoms with Crippen molar-refractivity contribution in [3.05, 3.63) is 107 Å². The maximum absolute atomic E-state index is 5.87. The monoisotopic (exact) mass is 560 g/mol. The van der Waals surface area contributed by atoms with Gasteiger partial charge in [0.1, 0.15) is 11.5 Å². The first-order valence-electron chi connectivity index (χ1n) is 15.5. The third-order valence-electron chi connectivity index (χ3n) is 7.06. The molecule has 0 aliphatic rings. The summed E-state index contributed by atoms with van der Waals surface area (Å²) in [6, 6.07) is 24.7. The molecule has 2 aromatic carbocycles. The highest BCUT2D eigenvalue weighted by atomic mass is 16.5. The van der Waals surface area contributed by atoms with Gasteiger partial charge in [0.15, 0.2) is 0 Å². The van der Waals surface area contributed by atoms with Gasteiger partial charge in [-0.2, -0.15) is 0 Å². The van der Waals surface area contributed by atoms with Gasteiger partial charge >= 0.3 is 0 Å². The second-order valence-corrected chi connectivity index (χ2v) is 10.6. The zero-order valence-corrected chi connectivity index (χ0v) is 25.2. The number of benzene rings is 2. The van der Waals surface area contributed by atoms with E-state index in [1.54, 1.807) is 0 Å². The molecular weight excluding hydrogens is 516 g/mol. The van der Waals surface area contributed by atoms with Crippen molar-refractivity contribution >= 4 is 24.3 Å². The average molecular weight is 561 g/mol. The summed E-state index contributed by atoms with van der Waals surface area (Å²) in [6.45, 7) is 6.01. The Hall–Kier alpha value is -4.18. The van der Waals surface area contributed by atoms with E-state index in [9.17, 15) is 0 Å². The average Bonchev–Trinajstić information content (AvgIpc) is 3.04. The van der Waals surface area contributed by atoms with E-state index < -0.39 is 0 Å². The van der Waals surface area contributed by atoms with Crippen LogP contribution in [0.3, 0.4) is 0 Å². The molecule has 0 aliphatic carbocycles. The van der Waals surface area contributed by atoms with Crippen molar-refractivity contribution in [2.75, 3.05) is 13.2 Å². The molecule has 0 atom stereocenters. The SMILES string of the molecule is CCCCCCOc1ccc(C=Cc2ccnc(-c3cc(C=Cc4ccc(OCCCCCC)cc4)ccn3)c2)cc1. The van der Waals surface area contributed by atoms with Crippen molar-refractivity contribution < 1.29 is 9.47 Å². The lowest BCUT2D eigenvalue weighted by atomic mass is 10.1. The molecule has 0 spiro atoms. The predicted octanol–water partition coefficient (Wildman–Crippen LogP) is 10.4. The summed E-state index contributed by atoms with van der Waals surface area (Å²) in [7, 11) is 0. The zero-order valence-electron chi connectivity index (χ0n) is 25.2. The second kappa shape index (κ2) is 17.6. The van der Waals surface area contributed by atoms with Crippen LogP contribution >= 0.6 is 0 Å². The summed E-state index contributed by atoms with van der Waals surface area (Å²) in [4.78, 5) is 9.16. The van der Waals surface area contributed by atoms with E-state index in [4.69, 9.17) is 9.47 Å². The molecule has 0 radical (unpaired) electrons. The van der Waals surface area contributed by atoms with E-state index >= 15 is 0 Å². The highest BCUT2D eigenvalue weighted by Crippen LogP contribution is 2.21. The highest BCUT2D eigenvalue weighted by molar-refractivity contribution is 5.74. The summed E-state index contributed by atoms with van der Waals surface area (Å²) < 4.78 is 11.7. The minimum atomic E-state index is 0.780. The molecule has 2 aromatic heterocycles. The first kappa shape index (κ1) is 30.8. The van der Waals surface area contributed by atoms with Crippen LogP contribution in [-0.2, 0) is 0 Å². The van der Waals surface area contributed by atoms with Gasteiger partial charge in [-0.1, -0.05) is 101 Å². The van der Waals surface area contributed by atoms with Crippen molar-refractivity contribution in [2.24, 2.45) is 0 Å². The zero-order chi connectivity index (χ0) is 29.2. The van der Waals surface area contributed by atoms with Crippen LogP contribution in [0.1, 0.15) is 87.5 Å². The van der Waals surface area contributed by atoms with Gasteiger partial charge in [0.2, 0.25) is 0 Å². The third-order valence-corrected chi connectivity index (χ3v) is 7.06. The Morgan fingerprint density at radius 2 is 0.881 bits per heavy atom. The van der Waals surface area contributed by atoms with Gasteiger partial charge in [-0.15, -0.1) is 0 Å². The van der Waals surface area contributed by atoms with Crippen LogP contribution in [0.25, 0.3) is 35.7 Å². The number of hydrogen-bond donors (Lipinski definition) is 0. The van der Waals surface area contributed by atoms with Gasteiger partial charge in [-0.25, -0.2) is 0 Å². The van der Waals surface area contributed by atoms with Crippen LogP contribution in [0.15, 0.2) is 85.2 Å². The molecule has 0 saturated heterocycles. The molecule has 0 fully saturated rings. The molecule has 218 valence electrons. The topological polar surface area (TPSA) is 44.2 Å². The summed E-state index contributed by atoms with van der Waals surface area (Å²) in [5.41, 5.74) is 6.10. The molecule has 0 amide bonds. The molecule has 4 aromatic rings. The molecule has 42 heavy (non-hydrogen) atoms. The Bertz CT molecular complexity index is 1280. The van der Waals surface area contributed by atoms with Crippen molar-refractivity contribution in [1.82, 2.24) is 9.97 Å². The van der Waals surface area contributed by atoms with Gasteiger partial charge in [-0.3, -0.25) is 9.97 Å². The first-order valence-corrected chi connectivity index (χ1v) is 15.5. The predicted molar refractivity (Wildman–Crippen MR) is 177 cm³/mol. The fourth-order valence-corrected chi connectivity index (χ4v) is 4.55. The van der Waals surface area contributed by atoms with Crippen LogP contribution < -0.4 is 9.47 Å². The van der Waals surface area contributed by atoms with Gasteiger partial charge in [0, 0.05) is 12.4 Å². The summed E-state index contributed by atoms with van der Waals surface area (Å²) >= 11 is 0. The van der Waals surface area contributed by atoms with Crippen LogP contribution in [0.4, 0.5) is 0 Å². The smallest absolute Gasteiger partial charge is 0.119 e. The summed E-state index contributed by atoms with van der Waals surface area (Å²) in [6.07, 6.45) is 21.8. The Morgan fingerprint density at radius 1 is 0.476 bits per heavy atom. The maximum Gasteiger partial charge on any atom is 0.119 e. The van der Waals surface area contributed by atoms with Crippen LogP contribution in [0.5, 0.6) is 11.5 Å². The lowest BCUT2D eigenvalue weighted by molar-refractivity contribution is 0.305. The van der Waals surface area contributed by atoms with Crippen LogP contribution in [0.2, 0.25) is 0 Å². The Labute approximate surface area is 252 Å². The number of aromatic nitrogens is 2. The molecule has 4 nitrogen and oxygen atoms in total. The molecule has 0 aliphatic heterocycles. The molecule has 4 rings (SSSR count). The first-order chi connectivity index (χ1) is 20.7. The number of rotatable bonds is 17. The summed E-state index contributed by atoms with van der Waals surface area (Å²) in [5.74, 6) is 1.85. The Balaban J connectivity index is 1.32. The number of pyridine rings is 2. The van der Waals surface area contributed by atoms with Crippen molar-refractivity contribution in [3.63, 3.8) is 0 Å². The number of unbranched alkanes of at least 4 members (excludes halogenated alkanes) is 6. The van der Waals surface area contributed by atoms with Crippen LogP contribution in [-0.4, -0.2) is 23.2 Å². The largest absolute Gasteiger partial charge is 0.494 e. The van der Waals surface area contributed by atoms with Gasteiger partial charge in [0.25, 0.3) is 0 Å². The molecule has 0 N–H and O–H groups in total. The van der Waals surface area contributed by atoms with Crippen LogP contribution in [0, 0.1) is 0 Å². The highest BCUT2D eigenvalue weighted by Gasteiger charge is 2.03. The molecule has 0 saturated carbocycles. The minimum Gasteiger partial charge on any atom is -0.494 e. The van der Waals surface area contributed by atoms with Crippen molar-refractivity contribution in [2.45, 2.75) is 65.2 Å². The number of hydrogen-bond acceptors (Lipinski definition) is 4. The molecular formula is C38H44N2O2. The minimum absolute atomic E-state index is 0.780. The quantitative estimate of drug-likeness (QED) is 0.121. The molecule has 4 heteroatoms. The van der Waals surface area contributed by atoms with Gasteiger partial charge < -0.3 is 9.47 Å². The van der Waals surface area contributed by atoms with E-state index in [-0.39, 0.29) is 0 Å². The fraction of sp³-hybridized carbons (Fsp3) is 0.316. The molecule has 0 unspecified atom stereocenters. The van der Waals surface area contributed by atoms with E-state index in [1.807, 2.05) is 48.8 Å². The normalized spacial score (nSPS) is 11.4. The van der Waals surface area contributed by atoms with Gasteiger partial charge in [0.05, 0.1) is 24.6 Å². The third kappa shape index (κ3) is 10.7.